The maximum Gasteiger partial charge on any atom is 0.226 e. The Morgan fingerprint density at radius 3 is 2.67 bits per heavy atom. The highest BCUT2D eigenvalue weighted by molar-refractivity contribution is 5.79. The Labute approximate surface area is 127 Å². The van der Waals surface area contributed by atoms with Gasteiger partial charge >= 0.3 is 0 Å². The van der Waals surface area contributed by atoms with Gasteiger partial charge < -0.3 is 10.6 Å². The summed E-state index contributed by atoms with van der Waals surface area (Å²) in [7, 11) is 1.91. The molecule has 0 saturated carbocycles. The Hall–Kier alpha value is -1.39. The average Bonchev–Trinajstić information content (AvgIpc) is 2.94. The van der Waals surface area contributed by atoms with E-state index >= 15 is 0 Å². The normalized spacial score (nSPS) is 22.0. The highest BCUT2D eigenvalue weighted by Crippen LogP contribution is 2.19. The first-order valence-corrected chi connectivity index (χ1v) is 7.77. The molecule has 2 rings (SSSR count). The number of nitrogens with two attached hydrogens (primary N) is 1. The molecular formula is C17H27N3O. The fourth-order valence-corrected chi connectivity index (χ4v) is 2.84. The summed E-state index contributed by atoms with van der Waals surface area (Å²) in [5.41, 5.74) is 7.17. The number of likely N-dealkylation sites (tertiary alicyclic amines) is 1. The van der Waals surface area contributed by atoms with Crippen molar-refractivity contribution in [1.29, 1.82) is 0 Å². The summed E-state index contributed by atoms with van der Waals surface area (Å²) in [6.07, 6.45) is 1.04. The summed E-state index contributed by atoms with van der Waals surface area (Å²) < 4.78 is 0. The lowest BCUT2D eigenvalue weighted by Gasteiger charge is -2.29. The number of hydrogen-bond donors (Lipinski definition) is 1. The van der Waals surface area contributed by atoms with E-state index in [9.17, 15) is 4.79 Å². The van der Waals surface area contributed by atoms with E-state index in [1.165, 1.54) is 5.56 Å². The fourth-order valence-electron chi connectivity index (χ4n) is 2.84. The summed E-state index contributed by atoms with van der Waals surface area (Å²) in [6, 6.07) is 10.7. The Kier molecular flexibility index (Phi) is 5.37. The van der Waals surface area contributed by atoms with Crippen LogP contribution in [0.2, 0.25) is 0 Å². The van der Waals surface area contributed by atoms with Crippen molar-refractivity contribution < 1.29 is 4.79 Å². The van der Waals surface area contributed by atoms with Crippen molar-refractivity contribution in [2.45, 2.75) is 38.9 Å². The Balaban J connectivity index is 1.88. The maximum absolute atomic E-state index is 12.4. The van der Waals surface area contributed by atoms with E-state index < -0.39 is 0 Å². The number of nitrogens with zero attached hydrogens (tertiary/aromatic N) is 2. The predicted molar refractivity (Wildman–Crippen MR) is 85.7 cm³/mol. The van der Waals surface area contributed by atoms with Gasteiger partial charge in [0, 0.05) is 38.8 Å². The van der Waals surface area contributed by atoms with Crippen LogP contribution in [-0.4, -0.2) is 47.9 Å². The van der Waals surface area contributed by atoms with Crippen LogP contribution in [0.4, 0.5) is 0 Å². The van der Waals surface area contributed by atoms with E-state index in [0.717, 1.165) is 26.1 Å². The molecule has 1 amide bonds. The lowest BCUT2D eigenvalue weighted by molar-refractivity contribution is -0.136. The van der Waals surface area contributed by atoms with E-state index in [-0.39, 0.29) is 17.9 Å². The van der Waals surface area contributed by atoms with Gasteiger partial charge in [0.2, 0.25) is 5.91 Å². The molecule has 4 nitrogen and oxygen atoms in total. The van der Waals surface area contributed by atoms with Crippen LogP contribution >= 0.6 is 0 Å². The Bertz CT molecular complexity index is 460. The molecule has 3 unspecified atom stereocenters. The zero-order chi connectivity index (χ0) is 15.4. The topological polar surface area (TPSA) is 49.6 Å². The van der Waals surface area contributed by atoms with Crippen molar-refractivity contribution in [2.75, 3.05) is 20.1 Å². The Morgan fingerprint density at radius 1 is 1.38 bits per heavy atom. The van der Waals surface area contributed by atoms with Crippen LogP contribution in [0.1, 0.15) is 25.8 Å². The minimum absolute atomic E-state index is 0.0956. The van der Waals surface area contributed by atoms with E-state index in [1.807, 2.05) is 31.9 Å². The number of likely N-dealkylation sites (N-methyl/N-ethyl adjacent to an activating group) is 1. The van der Waals surface area contributed by atoms with Crippen molar-refractivity contribution in [1.82, 2.24) is 9.80 Å². The van der Waals surface area contributed by atoms with Gasteiger partial charge in [0.25, 0.3) is 0 Å². The van der Waals surface area contributed by atoms with Crippen LogP contribution < -0.4 is 5.73 Å². The number of hydrogen-bond acceptors (Lipinski definition) is 3. The highest BCUT2D eigenvalue weighted by Gasteiger charge is 2.31. The Morgan fingerprint density at radius 2 is 2.05 bits per heavy atom. The molecule has 4 heteroatoms. The van der Waals surface area contributed by atoms with Crippen LogP contribution in [0, 0.1) is 5.92 Å². The lowest BCUT2D eigenvalue weighted by Crippen LogP contribution is -2.45. The zero-order valence-electron chi connectivity index (χ0n) is 13.3. The highest BCUT2D eigenvalue weighted by atomic mass is 16.2. The third kappa shape index (κ3) is 4.05. The number of benzene rings is 1. The second kappa shape index (κ2) is 7.05. The molecule has 1 aromatic rings. The molecular weight excluding hydrogens is 262 g/mol. The summed E-state index contributed by atoms with van der Waals surface area (Å²) in [5, 5.41) is 0. The largest absolute Gasteiger partial charge is 0.341 e. The standard InChI is InChI=1S/C17H27N3O/c1-13(14(2)18)17(21)19(3)16-9-10-20(12-16)11-15-7-5-4-6-8-15/h4-8,13-14,16H,9-12,18H2,1-3H3. The van der Waals surface area contributed by atoms with Gasteiger partial charge in [-0.25, -0.2) is 0 Å². The number of rotatable bonds is 5. The molecule has 0 bridgehead atoms. The van der Waals surface area contributed by atoms with Gasteiger partial charge in [0.15, 0.2) is 0 Å². The molecule has 1 saturated heterocycles. The molecule has 21 heavy (non-hydrogen) atoms. The molecule has 1 aliphatic rings. The first-order valence-electron chi connectivity index (χ1n) is 7.77. The van der Waals surface area contributed by atoms with E-state index in [2.05, 4.69) is 29.2 Å². The molecule has 1 aliphatic heterocycles. The number of carbonyl (C=O) groups excluding carboxylic acids is 1. The number of amides is 1. The van der Waals surface area contributed by atoms with Gasteiger partial charge in [0.1, 0.15) is 0 Å². The lowest BCUT2D eigenvalue weighted by atomic mass is 10.0. The fraction of sp³-hybridized carbons (Fsp3) is 0.588. The van der Waals surface area contributed by atoms with Crippen molar-refractivity contribution in [2.24, 2.45) is 11.7 Å². The van der Waals surface area contributed by atoms with Gasteiger partial charge in [-0.15, -0.1) is 0 Å². The van der Waals surface area contributed by atoms with Crippen molar-refractivity contribution in [3.63, 3.8) is 0 Å². The molecule has 0 spiro atoms. The third-order valence-corrected chi connectivity index (χ3v) is 4.57. The van der Waals surface area contributed by atoms with E-state index in [4.69, 9.17) is 5.73 Å². The molecule has 0 aromatic heterocycles. The summed E-state index contributed by atoms with van der Waals surface area (Å²) >= 11 is 0. The van der Waals surface area contributed by atoms with Crippen LogP contribution in [-0.2, 0) is 11.3 Å². The molecule has 1 aromatic carbocycles. The molecule has 116 valence electrons. The quantitative estimate of drug-likeness (QED) is 0.897. The first-order chi connectivity index (χ1) is 9.99. The van der Waals surface area contributed by atoms with Crippen LogP contribution in [0.25, 0.3) is 0 Å². The summed E-state index contributed by atoms with van der Waals surface area (Å²) in [6.45, 7) is 6.77. The van der Waals surface area contributed by atoms with E-state index in [1.54, 1.807) is 0 Å². The van der Waals surface area contributed by atoms with Gasteiger partial charge in [-0.05, 0) is 18.9 Å². The SMILES string of the molecule is CC(N)C(C)C(=O)N(C)C1CCN(Cc2ccccc2)C1. The maximum atomic E-state index is 12.4. The monoisotopic (exact) mass is 289 g/mol. The second-order valence-corrected chi connectivity index (χ2v) is 6.26. The summed E-state index contributed by atoms with van der Waals surface area (Å²) in [5.74, 6) is 0.0507. The average molecular weight is 289 g/mol. The minimum Gasteiger partial charge on any atom is -0.341 e. The molecule has 3 atom stereocenters. The van der Waals surface area contributed by atoms with Crippen LogP contribution in [0.5, 0.6) is 0 Å². The van der Waals surface area contributed by atoms with Gasteiger partial charge in [-0.1, -0.05) is 37.3 Å². The first kappa shape index (κ1) is 16.0. The zero-order valence-corrected chi connectivity index (χ0v) is 13.3. The second-order valence-electron chi connectivity index (χ2n) is 6.26. The minimum atomic E-state index is -0.113. The molecule has 2 N–H and O–H groups in total. The van der Waals surface area contributed by atoms with Crippen molar-refractivity contribution in [3.05, 3.63) is 35.9 Å². The third-order valence-electron chi connectivity index (χ3n) is 4.57. The van der Waals surface area contributed by atoms with Crippen molar-refractivity contribution >= 4 is 5.91 Å². The van der Waals surface area contributed by atoms with Gasteiger partial charge in [-0.3, -0.25) is 9.69 Å². The molecule has 0 aliphatic carbocycles. The van der Waals surface area contributed by atoms with Crippen LogP contribution in [0.15, 0.2) is 30.3 Å². The van der Waals surface area contributed by atoms with E-state index in [0.29, 0.717) is 6.04 Å². The van der Waals surface area contributed by atoms with Crippen LogP contribution in [0.3, 0.4) is 0 Å². The molecule has 1 heterocycles. The van der Waals surface area contributed by atoms with Gasteiger partial charge in [-0.2, -0.15) is 0 Å². The predicted octanol–water partition coefficient (Wildman–Crippen LogP) is 1.70. The van der Waals surface area contributed by atoms with Crippen molar-refractivity contribution in [3.8, 4) is 0 Å². The number of carbonyl (C=O) groups is 1. The molecule has 1 fully saturated rings. The van der Waals surface area contributed by atoms with Gasteiger partial charge in [0.05, 0.1) is 5.92 Å². The molecule has 0 radical (unpaired) electrons. The smallest absolute Gasteiger partial charge is 0.226 e. The summed E-state index contributed by atoms with van der Waals surface area (Å²) in [4.78, 5) is 16.7.